The summed E-state index contributed by atoms with van der Waals surface area (Å²) in [5.74, 6) is 2.68. The Morgan fingerprint density at radius 1 is 0.923 bits per heavy atom. The molecule has 5 rings (SSSR count). The second-order valence-electron chi connectivity index (χ2n) is 10.0. The molecule has 1 aliphatic heterocycles. The van der Waals surface area contributed by atoms with Crippen LogP contribution in [-0.4, -0.2) is 63.5 Å². The van der Waals surface area contributed by atoms with Crippen molar-refractivity contribution in [2.45, 2.75) is 37.5 Å². The zero-order chi connectivity index (χ0) is 27.5. The molecule has 206 valence electrons. The van der Waals surface area contributed by atoms with Crippen LogP contribution in [0.25, 0.3) is 0 Å². The summed E-state index contributed by atoms with van der Waals surface area (Å²) in [6.07, 6.45) is 1.30. The topological polar surface area (TPSA) is 89.5 Å². The van der Waals surface area contributed by atoms with Crippen LogP contribution in [0.4, 0.5) is 0 Å². The smallest absolute Gasteiger partial charge is 0.234 e. The van der Waals surface area contributed by atoms with E-state index in [2.05, 4.69) is 16.3 Å². The molecular formula is C31H36N2O6. The number of hydrogen-bond acceptors (Lipinski definition) is 7. The summed E-state index contributed by atoms with van der Waals surface area (Å²) in [4.78, 5) is 15.6. The minimum absolute atomic E-state index is 0.121. The van der Waals surface area contributed by atoms with Crippen LogP contribution < -0.4 is 24.3 Å². The predicted octanol–water partition coefficient (Wildman–Crippen LogP) is 3.64. The molecule has 0 radical (unpaired) electrons. The fourth-order valence-corrected chi connectivity index (χ4v) is 5.93. The van der Waals surface area contributed by atoms with Crippen molar-refractivity contribution in [3.05, 3.63) is 82.4 Å². The van der Waals surface area contributed by atoms with Gasteiger partial charge in [-0.15, -0.1) is 0 Å². The number of rotatable bonds is 9. The Hall–Kier alpha value is -3.75. The third-order valence-electron chi connectivity index (χ3n) is 7.84. The fourth-order valence-electron chi connectivity index (χ4n) is 5.93. The normalized spacial score (nSPS) is 20.1. The molecule has 8 nitrogen and oxygen atoms in total. The first-order chi connectivity index (χ1) is 18.9. The van der Waals surface area contributed by atoms with Crippen molar-refractivity contribution in [3.63, 3.8) is 0 Å². The van der Waals surface area contributed by atoms with E-state index in [-0.39, 0.29) is 18.5 Å². The molecule has 0 aromatic heterocycles. The first-order valence-corrected chi connectivity index (χ1v) is 13.2. The lowest BCUT2D eigenvalue weighted by Crippen LogP contribution is -2.45. The van der Waals surface area contributed by atoms with Crippen molar-refractivity contribution < 1.29 is 28.8 Å². The number of benzene rings is 3. The van der Waals surface area contributed by atoms with Gasteiger partial charge < -0.3 is 29.4 Å². The van der Waals surface area contributed by atoms with Crippen LogP contribution in [0, 0.1) is 0 Å². The number of aliphatic hydroxyl groups is 1. The van der Waals surface area contributed by atoms with E-state index in [4.69, 9.17) is 18.9 Å². The van der Waals surface area contributed by atoms with Crippen molar-refractivity contribution in [2.75, 3.05) is 41.5 Å². The molecule has 0 saturated heterocycles. The van der Waals surface area contributed by atoms with Gasteiger partial charge in [0.1, 0.15) is 11.5 Å². The lowest BCUT2D eigenvalue weighted by atomic mass is 9.87. The Morgan fingerprint density at radius 2 is 1.69 bits per heavy atom. The number of hydrogen-bond donors (Lipinski definition) is 2. The highest BCUT2D eigenvalue weighted by Gasteiger charge is 2.35. The SMILES string of the molecule is COc1cc2c(c(OC)c1)C(Cc1ccc(OC)c(OC)c1)N(CC(=O)N[C@H]1c3ccccc3C[C@H]1O)CC2. The van der Waals surface area contributed by atoms with Gasteiger partial charge in [0.25, 0.3) is 0 Å². The van der Waals surface area contributed by atoms with E-state index in [1.54, 1.807) is 28.4 Å². The largest absolute Gasteiger partial charge is 0.497 e. The number of amides is 1. The van der Waals surface area contributed by atoms with Gasteiger partial charge in [-0.05, 0) is 53.3 Å². The Kier molecular flexibility index (Phi) is 7.95. The lowest BCUT2D eigenvalue weighted by molar-refractivity contribution is -0.124. The van der Waals surface area contributed by atoms with E-state index in [0.29, 0.717) is 30.9 Å². The molecule has 1 aliphatic carbocycles. The van der Waals surface area contributed by atoms with Crippen molar-refractivity contribution >= 4 is 5.91 Å². The minimum Gasteiger partial charge on any atom is -0.497 e. The summed E-state index contributed by atoms with van der Waals surface area (Å²) in [6.45, 7) is 0.885. The van der Waals surface area contributed by atoms with E-state index < -0.39 is 12.1 Å². The summed E-state index contributed by atoms with van der Waals surface area (Å²) in [7, 11) is 6.55. The van der Waals surface area contributed by atoms with Gasteiger partial charge in [0.2, 0.25) is 5.91 Å². The number of nitrogens with one attached hydrogen (secondary N) is 1. The van der Waals surface area contributed by atoms with Crippen LogP contribution in [0.15, 0.2) is 54.6 Å². The van der Waals surface area contributed by atoms with Gasteiger partial charge in [-0.3, -0.25) is 9.69 Å². The van der Waals surface area contributed by atoms with Crippen LogP contribution >= 0.6 is 0 Å². The first-order valence-electron chi connectivity index (χ1n) is 13.2. The molecule has 0 saturated carbocycles. The van der Waals surface area contributed by atoms with Gasteiger partial charge in [-0.1, -0.05) is 30.3 Å². The fraction of sp³-hybridized carbons (Fsp3) is 0.387. The average molecular weight is 533 g/mol. The number of fused-ring (bicyclic) bond motifs is 2. The molecule has 0 fully saturated rings. The third-order valence-corrected chi connectivity index (χ3v) is 7.84. The van der Waals surface area contributed by atoms with Crippen molar-refractivity contribution in [2.24, 2.45) is 0 Å². The van der Waals surface area contributed by atoms with Gasteiger partial charge in [-0.2, -0.15) is 0 Å². The van der Waals surface area contributed by atoms with Crippen LogP contribution in [0.2, 0.25) is 0 Å². The van der Waals surface area contributed by atoms with Gasteiger partial charge in [0.15, 0.2) is 11.5 Å². The molecule has 3 aromatic rings. The number of aliphatic hydroxyl groups excluding tert-OH is 1. The quantitative estimate of drug-likeness (QED) is 0.435. The minimum atomic E-state index is -0.636. The summed E-state index contributed by atoms with van der Waals surface area (Å²) in [5, 5.41) is 13.8. The monoisotopic (exact) mass is 532 g/mol. The van der Waals surface area contributed by atoms with Gasteiger partial charge >= 0.3 is 0 Å². The van der Waals surface area contributed by atoms with Crippen LogP contribution in [0.3, 0.4) is 0 Å². The number of carbonyl (C=O) groups excluding carboxylic acids is 1. The molecule has 1 unspecified atom stereocenters. The molecule has 2 N–H and O–H groups in total. The van der Waals surface area contributed by atoms with Crippen molar-refractivity contribution in [1.82, 2.24) is 10.2 Å². The number of carbonyl (C=O) groups is 1. The second kappa shape index (κ2) is 11.6. The first kappa shape index (κ1) is 26.8. The van der Waals surface area contributed by atoms with Crippen molar-refractivity contribution in [1.29, 1.82) is 0 Å². The average Bonchev–Trinajstić information content (AvgIpc) is 3.27. The van der Waals surface area contributed by atoms with Crippen LogP contribution in [-0.2, 0) is 24.1 Å². The molecule has 2 aliphatic rings. The molecule has 3 aromatic carbocycles. The Bertz CT molecular complexity index is 1330. The maximum Gasteiger partial charge on any atom is 0.234 e. The molecule has 0 spiro atoms. The van der Waals surface area contributed by atoms with Gasteiger partial charge in [-0.25, -0.2) is 0 Å². The molecule has 1 amide bonds. The molecule has 3 atom stereocenters. The van der Waals surface area contributed by atoms with E-state index >= 15 is 0 Å². The second-order valence-corrected chi connectivity index (χ2v) is 10.0. The van der Waals surface area contributed by atoms with Crippen molar-refractivity contribution in [3.8, 4) is 23.0 Å². The zero-order valence-corrected chi connectivity index (χ0v) is 22.9. The highest BCUT2D eigenvalue weighted by molar-refractivity contribution is 5.79. The summed E-state index contributed by atoms with van der Waals surface area (Å²) in [6, 6.07) is 17.2. The molecule has 0 bridgehead atoms. The highest BCUT2D eigenvalue weighted by atomic mass is 16.5. The highest BCUT2D eigenvalue weighted by Crippen LogP contribution is 2.42. The third kappa shape index (κ3) is 5.40. The van der Waals surface area contributed by atoms with E-state index in [1.165, 1.54) is 0 Å². The summed E-state index contributed by atoms with van der Waals surface area (Å²) >= 11 is 0. The van der Waals surface area contributed by atoms with E-state index in [9.17, 15) is 9.90 Å². The Morgan fingerprint density at radius 3 is 2.44 bits per heavy atom. The summed E-state index contributed by atoms with van der Waals surface area (Å²) < 4.78 is 22.3. The van der Waals surface area contributed by atoms with Gasteiger partial charge in [0.05, 0.1) is 47.1 Å². The molecular weight excluding hydrogens is 496 g/mol. The standard InChI is InChI=1S/C31H36N2O6/c1-36-22-15-21-11-12-33(18-29(35)32-31-23-8-6-5-7-20(23)16-25(31)34)24(30(21)28(17-22)39-4)13-19-9-10-26(37-2)27(14-19)38-3/h5-10,14-15,17,24-25,31,34H,11-13,16,18H2,1-4H3,(H,32,35)/t24?,25-,31+/m1/s1. The Balaban J connectivity index is 1.44. The Labute approximate surface area is 229 Å². The summed E-state index contributed by atoms with van der Waals surface area (Å²) in [5.41, 5.74) is 5.31. The lowest BCUT2D eigenvalue weighted by Gasteiger charge is -2.38. The number of ether oxygens (including phenoxy) is 4. The maximum atomic E-state index is 13.4. The van der Waals surface area contributed by atoms with Crippen LogP contribution in [0.5, 0.6) is 23.0 Å². The number of nitrogens with zero attached hydrogens (tertiary/aromatic N) is 1. The maximum absolute atomic E-state index is 13.4. The van der Waals surface area contributed by atoms with Gasteiger partial charge in [0, 0.05) is 30.6 Å². The zero-order valence-electron chi connectivity index (χ0n) is 22.9. The van der Waals surface area contributed by atoms with E-state index in [0.717, 1.165) is 45.7 Å². The molecule has 39 heavy (non-hydrogen) atoms. The van der Waals surface area contributed by atoms with Crippen LogP contribution in [0.1, 0.15) is 39.9 Å². The van der Waals surface area contributed by atoms with E-state index in [1.807, 2.05) is 48.5 Å². The molecule has 8 heteroatoms. The number of methoxy groups -OCH3 is 4. The predicted molar refractivity (Wildman–Crippen MR) is 148 cm³/mol. The molecule has 1 heterocycles.